The Balaban J connectivity index is 1.93. The number of nitrogens with two attached hydrogens (primary N) is 1. The average Bonchev–Trinajstić information content (AvgIpc) is 2.67. The summed E-state index contributed by atoms with van der Waals surface area (Å²) in [7, 11) is 0. The molecule has 1 amide bonds. The van der Waals surface area contributed by atoms with Crippen LogP contribution >= 0.6 is 0 Å². The molecule has 2 N–H and O–H groups in total. The predicted molar refractivity (Wildman–Crippen MR) is 115 cm³/mol. The van der Waals surface area contributed by atoms with Crippen molar-refractivity contribution in [2.24, 2.45) is 11.1 Å². The van der Waals surface area contributed by atoms with E-state index >= 15 is 0 Å². The zero-order valence-electron chi connectivity index (χ0n) is 18.2. The van der Waals surface area contributed by atoms with Crippen LogP contribution in [-0.2, 0) is 5.54 Å². The standard InChI is InChI=1S/C23H36N4O/c1-6-26-13-15-27(16-14-26)23(4,5)19-8-7-18(21(24)28)20(25-19)17-9-11-22(2,3)12-10-17/h7-9H,6,10-16H2,1-5H3,(H2,24,28). The maximum absolute atomic E-state index is 12.1. The summed E-state index contributed by atoms with van der Waals surface area (Å²) >= 11 is 0. The fraction of sp³-hybridized carbons (Fsp3) is 0.652. The van der Waals surface area contributed by atoms with Crippen LogP contribution in [0.5, 0.6) is 0 Å². The molecule has 0 unspecified atom stereocenters. The highest BCUT2D eigenvalue weighted by Gasteiger charge is 2.33. The number of carbonyl (C=O) groups is 1. The summed E-state index contributed by atoms with van der Waals surface area (Å²) in [4.78, 5) is 22.1. The van der Waals surface area contributed by atoms with Gasteiger partial charge in [0.1, 0.15) is 0 Å². The van der Waals surface area contributed by atoms with Gasteiger partial charge in [0.2, 0.25) is 0 Å². The molecule has 1 saturated heterocycles. The second-order valence-corrected chi connectivity index (χ2v) is 9.53. The Morgan fingerprint density at radius 2 is 1.89 bits per heavy atom. The van der Waals surface area contributed by atoms with Crippen molar-refractivity contribution in [2.75, 3.05) is 32.7 Å². The van der Waals surface area contributed by atoms with E-state index in [0.717, 1.165) is 63.4 Å². The number of hydrogen-bond acceptors (Lipinski definition) is 4. The molecule has 0 radical (unpaired) electrons. The minimum absolute atomic E-state index is 0.181. The second kappa shape index (κ2) is 7.96. The van der Waals surface area contributed by atoms with E-state index in [1.807, 2.05) is 12.1 Å². The monoisotopic (exact) mass is 384 g/mol. The molecule has 0 aromatic carbocycles. The number of amides is 1. The van der Waals surface area contributed by atoms with Crippen LogP contribution in [0.1, 0.15) is 75.6 Å². The fourth-order valence-electron chi connectivity index (χ4n) is 4.32. The lowest BCUT2D eigenvalue weighted by molar-refractivity contribution is 0.0502. The van der Waals surface area contributed by atoms with Gasteiger partial charge in [-0.3, -0.25) is 14.7 Å². The molecule has 2 aliphatic rings. The van der Waals surface area contributed by atoms with Crippen LogP contribution in [-0.4, -0.2) is 53.4 Å². The van der Waals surface area contributed by atoms with E-state index in [-0.39, 0.29) is 5.54 Å². The number of pyridine rings is 1. The van der Waals surface area contributed by atoms with Gasteiger partial charge >= 0.3 is 0 Å². The number of likely N-dealkylation sites (N-methyl/N-ethyl adjacent to an activating group) is 1. The number of piperazine rings is 1. The Bertz CT molecular complexity index is 758. The normalized spacial score (nSPS) is 21.4. The van der Waals surface area contributed by atoms with Crippen molar-refractivity contribution in [3.05, 3.63) is 35.2 Å². The van der Waals surface area contributed by atoms with Crippen molar-refractivity contribution in [1.82, 2.24) is 14.8 Å². The van der Waals surface area contributed by atoms with E-state index in [4.69, 9.17) is 10.7 Å². The molecule has 1 aromatic heterocycles. The number of aromatic nitrogens is 1. The molecule has 1 aromatic rings. The van der Waals surface area contributed by atoms with Gasteiger partial charge in [-0.05, 0) is 62.8 Å². The van der Waals surface area contributed by atoms with Crippen LogP contribution in [0, 0.1) is 5.41 Å². The molecular formula is C23H36N4O. The highest BCUT2D eigenvalue weighted by molar-refractivity contribution is 5.97. The largest absolute Gasteiger partial charge is 0.366 e. The van der Waals surface area contributed by atoms with Crippen LogP contribution in [0.3, 0.4) is 0 Å². The molecule has 0 saturated carbocycles. The summed E-state index contributed by atoms with van der Waals surface area (Å²) in [5.41, 5.74) is 9.34. The molecule has 1 aliphatic heterocycles. The molecule has 1 fully saturated rings. The van der Waals surface area contributed by atoms with Gasteiger partial charge in [0.25, 0.3) is 5.91 Å². The molecule has 5 nitrogen and oxygen atoms in total. The minimum atomic E-state index is -0.394. The molecule has 0 spiro atoms. The molecule has 2 heterocycles. The average molecular weight is 385 g/mol. The van der Waals surface area contributed by atoms with Crippen molar-refractivity contribution in [3.63, 3.8) is 0 Å². The first-order valence-electron chi connectivity index (χ1n) is 10.6. The Labute approximate surface area is 170 Å². The van der Waals surface area contributed by atoms with Crippen molar-refractivity contribution in [2.45, 2.75) is 59.4 Å². The summed E-state index contributed by atoms with van der Waals surface area (Å²) in [5.74, 6) is -0.394. The van der Waals surface area contributed by atoms with Crippen LogP contribution in [0.4, 0.5) is 0 Å². The topological polar surface area (TPSA) is 62.5 Å². The maximum Gasteiger partial charge on any atom is 0.250 e. The highest BCUT2D eigenvalue weighted by Crippen LogP contribution is 2.39. The summed E-state index contributed by atoms with van der Waals surface area (Å²) < 4.78 is 0. The van der Waals surface area contributed by atoms with Gasteiger partial charge in [-0.2, -0.15) is 0 Å². The lowest BCUT2D eigenvalue weighted by Gasteiger charge is -2.43. The van der Waals surface area contributed by atoms with Gasteiger partial charge in [-0.25, -0.2) is 0 Å². The third-order valence-electron chi connectivity index (χ3n) is 6.67. The van der Waals surface area contributed by atoms with Crippen molar-refractivity contribution in [1.29, 1.82) is 0 Å². The number of nitrogens with zero attached hydrogens (tertiary/aromatic N) is 3. The molecule has 28 heavy (non-hydrogen) atoms. The van der Waals surface area contributed by atoms with Crippen LogP contribution < -0.4 is 5.73 Å². The van der Waals surface area contributed by atoms with E-state index in [9.17, 15) is 4.79 Å². The lowest BCUT2D eigenvalue weighted by Crippen LogP contribution is -2.53. The van der Waals surface area contributed by atoms with Gasteiger partial charge in [-0.1, -0.05) is 26.8 Å². The van der Waals surface area contributed by atoms with Crippen LogP contribution in [0.2, 0.25) is 0 Å². The molecule has 5 heteroatoms. The number of rotatable bonds is 5. The predicted octanol–water partition coefficient (Wildman–Crippen LogP) is 3.65. The summed E-state index contributed by atoms with van der Waals surface area (Å²) in [6.07, 6.45) is 5.31. The van der Waals surface area contributed by atoms with Gasteiger partial charge in [0.05, 0.1) is 22.5 Å². The highest BCUT2D eigenvalue weighted by atomic mass is 16.1. The molecule has 154 valence electrons. The minimum Gasteiger partial charge on any atom is -0.366 e. The van der Waals surface area contributed by atoms with Gasteiger partial charge in [-0.15, -0.1) is 0 Å². The van der Waals surface area contributed by atoms with Crippen LogP contribution in [0.15, 0.2) is 18.2 Å². The quantitative estimate of drug-likeness (QED) is 0.842. The summed E-state index contributed by atoms with van der Waals surface area (Å²) in [6.45, 7) is 16.6. The summed E-state index contributed by atoms with van der Waals surface area (Å²) in [6, 6.07) is 3.87. The first-order chi connectivity index (χ1) is 13.1. The zero-order valence-corrected chi connectivity index (χ0v) is 18.2. The van der Waals surface area contributed by atoms with Gasteiger partial charge in [0.15, 0.2) is 0 Å². The molecular weight excluding hydrogens is 348 g/mol. The number of carbonyl (C=O) groups excluding carboxylic acids is 1. The fourth-order valence-corrected chi connectivity index (χ4v) is 4.32. The van der Waals surface area contributed by atoms with E-state index in [2.05, 4.69) is 50.5 Å². The van der Waals surface area contributed by atoms with E-state index < -0.39 is 5.91 Å². The van der Waals surface area contributed by atoms with Crippen LogP contribution in [0.25, 0.3) is 5.57 Å². The third-order valence-corrected chi connectivity index (χ3v) is 6.67. The van der Waals surface area contributed by atoms with Gasteiger partial charge < -0.3 is 10.6 Å². The van der Waals surface area contributed by atoms with E-state index in [1.165, 1.54) is 5.57 Å². The first-order valence-corrected chi connectivity index (χ1v) is 10.6. The Morgan fingerprint density at radius 3 is 2.43 bits per heavy atom. The number of primary amides is 1. The Kier molecular flexibility index (Phi) is 5.97. The van der Waals surface area contributed by atoms with Crippen molar-refractivity contribution < 1.29 is 4.79 Å². The molecule has 0 atom stereocenters. The van der Waals surface area contributed by atoms with Crippen molar-refractivity contribution >= 4 is 11.5 Å². The summed E-state index contributed by atoms with van der Waals surface area (Å²) in [5, 5.41) is 0. The SMILES string of the molecule is CCN1CCN(C(C)(C)c2ccc(C(N)=O)c(C3=CCC(C)(C)CC3)n2)CC1. The number of hydrogen-bond donors (Lipinski definition) is 1. The first kappa shape index (κ1) is 21.0. The third kappa shape index (κ3) is 4.31. The molecule has 0 bridgehead atoms. The lowest BCUT2D eigenvalue weighted by atomic mass is 9.77. The molecule has 3 rings (SSSR count). The van der Waals surface area contributed by atoms with E-state index in [0.29, 0.717) is 11.0 Å². The smallest absolute Gasteiger partial charge is 0.250 e. The Morgan fingerprint density at radius 1 is 1.21 bits per heavy atom. The Hall–Kier alpha value is -1.72. The van der Waals surface area contributed by atoms with E-state index in [1.54, 1.807) is 0 Å². The molecule has 1 aliphatic carbocycles. The van der Waals surface area contributed by atoms with Crippen molar-refractivity contribution in [3.8, 4) is 0 Å². The van der Waals surface area contributed by atoms with Gasteiger partial charge in [0, 0.05) is 26.2 Å². The zero-order chi connectivity index (χ0) is 20.5. The number of allylic oxidation sites excluding steroid dienone is 2. The second-order valence-electron chi connectivity index (χ2n) is 9.53. The maximum atomic E-state index is 12.1.